The van der Waals surface area contributed by atoms with Gasteiger partial charge >= 0.3 is 5.97 Å². The van der Waals surface area contributed by atoms with Crippen LogP contribution in [0, 0.1) is 0 Å². The molecule has 0 spiro atoms. The van der Waals surface area contributed by atoms with Crippen LogP contribution in [0.3, 0.4) is 0 Å². The number of nitrogens with zero attached hydrogens (tertiary/aromatic N) is 2. The van der Waals surface area contributed by atoms with Crippen LogP contribution in [-0.2, 0) is 21.2 Å². The largest absolute Gasteiger partial charge is 0.481 e. The molecule has 0 aliphatic carbocycles. The van der Waals surface area contributed by atoms with Crippen LogP contribution in [0.25, 0.3) is 0 Å². The van der Waals surface area contributed by atoms with Crippen molar-refractivity contribution in [2.75, 3.05) is 11.5 Å². The first-order valence-corrected chi connectivity index (χ1v) is 8.78. The van der Waals surface area contributed by atoms with E-state index >= 15 is 0 Å². The Morgan fingerprint density at radius 3 is 2.85 bits per heavy atom. The van der Waals surface area contributed by atoms with Crippen LogP contribution in [0.1, 0.15) is 49.0 Å². The minimum absolute atomic E-state index is 0.0879. The van der Waals surface area contributed by atoms with Gasteiger partial charge in [0, 0.05) is 18.7 Å². The minimum Gasteiger partial charge on any atom is -0.481 e. The van der Waals surface area contributed by atoms with Gasteiger partial charge in [-0.2, -0.15) is 0 Å². The van der Waals surface area contributed by atoms with Crippen LogP contribution >= 0.6 is 0 Å². The molecule has 1 aromatic rings. The summed E-state index contributed by atoms with van der Waals surface area (Å²) < 4.78 is 25.5. The maximum absolute atomic E-state index is 11.8. The van der Waals surface area contributed by atoms with Gasteiger partial charge in [0.15, 0.2) is 9.84 Å². The fraction of sp³-hybridized carbons (Fsp3) is 0.692. The molecule has 0 saturated carbocycles. The molecule has 1 fully saturated rings. The zero-order valence-corrected chi connectivity index (χ0v) is 12.0. The summed E-state index contributed by atoms with van der Waals surface area (Å²) >= 11 is 0. The Labute approximate surface area is 117 Å². The number of aliphatic carboxylic acids is 1. The predicted octanol–water partition coefficient (Wildman–Crippen LogP) is 1.14. The smallest absolute Gasteiger partial charge is 0.312 e. The van der Waals surface area contributed by atoms with Gasteiger partial charge < -0.3 is 9.67 Å². The molecule has 2 atom stereocenters. The van der Waals surface area contributed by atoms with E-state index in [0.29, 0.717) is 12.8 Å². The monoisotopic (exact) mass is 298 g/mol. The van der Waals surface area contributed by atoms with Crippen LogP contribution in [0.4, 0.5) is 0 Å². The zero-order valence-electron chi connectivity index (χ0n) is 11.2. The molecule has 20 heavy (non-hydrogen) atoms. The first kappa shape index (κ1) is 13.6. The van der Waals surface area contributed by atoms with Crippen molar-refractivity contribution in [3.63, 3.8) is 0 Å². The van der Waals surface area contributed by atoms with Crippen LogP contribution in [0.15, 0.2) is 6.20 Å². The average Bonchev–Trinajstić information content (AvgIpc) is 2.80. The number of carboxylic acids is 1. The quantitative estimate of drug-likeness (QED) is 0.884. The van der Waals surface area contributed by atoms with Crippen LogP contribution in [0.2, 0.25) is 0 Å². The number of imidazole rings is 1. The van der Waals surface area contributed by atoms with E-state index < -0.39 is 21.7 Å². The lowest BCUT2D eigenvalue weighted by atomic mass is 9.96. The Bertz CT molecular complexity index is 635. The summed E-state index contributed by atoms with van der Waals surface area (Å²) in [6.07, 6.45) is 4.52. The van der Waals surface area contributed by atoms with Crippen LogP contribution in [-0.4, -0.2) is 40.6 Å². The van der Waals surface area contributed by atoms with Crippen molar-refractivity contribution >= 4 is 15.8 Å². The lowest BCUT2D eigenvalue weighted by Crippen LogP contribution is -2.28. The third kappa shape index (κ3) is 2.34. The topological polar surface area (TPSA) is 89.3 Å². The van der Waals surface area contributed by atoms with Gasteiger partial charge in [0.2, 0.25) is 0 Å². The Hall–Kier alpha value is -1.37. The van der Waals surface area contributed by atoms with Gasteiger partial charge in [0.25, 0.3) is 0 Å². The van der Waals surface area contributed by atoms with E-state index in [9.17, 15) is 18.3 Å². The van der Waals surface area contributed by atoms with Crippen LogP contribution < -0.4 is 0 Å². The van der Waals surface area contributed by atoms with Crippen molar-refractivity contribution in [3.05, 3.63) is 17.7 Å². The third-order valence-corrected chi connectivity index (χ3v) is 6.10. The standard InChI is InChI=1S/C13H18N2O4S/c16-13(17)10-4-1-5-15-11(10)7-14-12(15)9-3-2-6-20(18,19)8-9/h7,9-10H,1-6,8H2,(H,16,17). The number of sulfone groups is 1. The molecule has 0 radical (unpaired) electrons. The molecule has 2 aliphatic rings. The maximum Gasteiger partial charge on any atom is 0.312 e. The summed E-state index contributed by atoms with van der Waals surface area (Å²) in [5.74, 6) is -0.265. The van der Waals surface area contributed by atoms with E-state index in [2.05, 4.69) is 4.98 Å². The Kier molecular flexibility index (Phi) is 3.32. The Balaban J connectivity index is 1.94. The lowest BCUT2D eigenvalue weighted by molar-refractivity contribution is -0.139. The molecule has 0 aromatic carbocycles. The molecule has 0 bridgehead atoms. The van der Waals surface area contributed by atoms with Gasteiger partial charge in [-0.1, -0.05) is 0 Å². The summed E-state index contributed by atoms with van der Waals surface area (Å²) in [5.41, 5.74) is 0.724. The number of hydrogen-bond acceptors (Lipinski definition) is 4. The first-order valence-electron chi connectivity index (χ1n) is 6.96. The summed E-state index contributed by atoms with van der Waals surface area (Å²) in [6, 6.07) is 0. The fourth-order valence-electron chi connectivity index (χ4n) is 3.33. The molecule has 3 rings (SSSR count). The predicted molar refractivity (Wildman–Crippen MR) is 72.5 cm³/mol. The minimum atomic E-state index is -2.98. The van der Waals surface area contributed by atoms with Crippen molar-refractivity contribution in [1.29, 1.82) is 0 Å². The summed E-state index contributed by atoms with van der Waals surface area (Å²) in [7, 11) is -2.98. The van der Waals surface area contributed by atoms with Gasteiger partial charge in [0.1, 0.15) is 5.82 Å². The summed E-state index contributed by atoms with van der Waals surface area (Å²) in [4.78, 5) is 15.6. The Morgan fingerprint density at radius 2 is 2.15 bits per heavy atom. The fourth-order valence-corrected chi connectivity index (χ4v) is 5.03. The van der Waals surface area contributed by atoms with E-state index in [4.69, 9.17) is 0 Å². The van der Waals surface area contributed by atoms with Gasteiger partial charge in [-0.05, 0) is 25.7 Å². The molecular weight excluding hydrogens is 280 g/mol. The second kappa shape index (κ2) is 4.87. The first-order chi connectivity index (χ1) is 9.48. The van der Waals surface area contributed by atoms with Crippen molar-refractivity contribution in [3.8, 4) is 0 Å². The molecule has 6 nitrogen and oxygen atoms in total. The van der Waals surface area contributed by atoms with Crippen molar-refractivity contribution in [2.45, 2.75) is 44.1 Å². The van der Waals surface area contributed by atoms with Gasteiger partial charge in [-0.25, -0.2) is 13.4 Å². The van der Waals surface area contributed by atoms with E-state index in [-0.39, 0.29) is 17.4 Å². The molecule has 1 aromatic heterocycles. The molecule has 1 saturated heterocycles. The molecule has 0 amide bonds. The molecule has 7 heteroatoms. The molecule has 2 aliphatic heterocycles. The second-order valence-electron chi connectivity index (χ2n) is 5.68. The normalized spacial score (nSPS) is 28.8. The number of carboxylic acid groups (broad SMARTS) is 1. The highest BCUT2D eigenvalue weighted by molar-refractivity contribution is 7.91. The van der Waals surface area contributed by atoms with E-state index in [1.165, 1.54) is 0 Å². The summed E-state index contributed by atoms with van der Waals surface area (Å²) in [6.45, 7) is 0.741. The van der Waals surface area contributed by atoms with Gasteiger partial charge in [-0.15, -0.1) is 0 Å². The number of hydrogen-bond donors (Lipinski definition) is 1. The summed E-state index contributed by atoms with van der Waals surface area (Å²) in [5, 5.41) is 9.25. The molecular formula is C13H18N2O4S. The molecule has 3 heterocycles. The zero-order chi connectivity index (χ0) is 14.3. The van der Waals surface area contributed by atoms with E-state index in [0.717, 1.165) is 30.9 Å². The lowest BCUT2D eigenvalue weighted by Gasteiger charge is -2.26. The van der Waals surface area contributed by atoms with Gasteiger partial charge in [-0.3, -0.25) is 4.79 Å². The number of aromatic nitrogens is 2. The highest BCUT2D eigenvalue weighted by Gasteiger charge is 2.33. The third-order valence-electron chi connectivity index (χ3n) is 4.28. The van der Waals surface area contributed by atoms with E-state index in [1.807, 2.05) is 4.57 Å². The molecule has 110 valence electrons. The van der Waals surface area contributed by atoms with Crippen molar-refractivity contribution in [1.82, 2.24) is 9.55 Å². The van der Waals surface area contributed by atoms with Crippen LogP contribution in [0.5, 0.6) is 0 Å². The number of carbonyl (C=O) groups is 1. The highest BCUT2D eigenvalue weighted by Crippen LogP contribution is 2.34. The Morgan fingerprint density at radius 1 is 1.35 bits per heavy atom. The SMILES string of the molecule is O=C(O)C1CCCn2c1cnc2C1CCCS(=O)(=O)C1. The number of rotatable bonds is 2. The highest BCUT2D eigenvalue weighted by atomic mass is 32.2. The average molecular weight is 298 g/mol. The van der Waals surface area contributed by atoms with Crippen molar-refractivity contribution < 1.29 is 18.3 Å². The van der Waals surface area contributed by atoms with Gasteiger partial charge in [0.05, 0.1) is 23.1 Å². The molecule has 2 unspecified atom stereocenters. The second-order valence-corrected chi connectivity index (χ2v) is 7.91. The molecule has 1 N–H and O–H groups in total. The van der Waals surface area contributed by atoms with E-state index in [1.54, 1.807) is 6.20 Å². The number of fused-ring (bicyclic) bond motifs is 1. The maximum atomic E-state index is 11.8. The van der Waals surface area contributed by atoms with Crippen molar-refractivity contribution in [2.24, 2.45) is 0 Å².